The summed E-state index contributed by atoms with van der Waals surface area (Å²) in [5, 5.41) is 2.17. The van der Waals surface area contributed by atoms with Crippen molar-refractivity contribution in [1.29, 1.82) is 0 Å². The number of anilines is 1. The summed E-state index contributed by atoms with van der Waals surface area (Å²) in [6.07, 6.45) is 3.67. The maximum absolute atomic E-state index is 12.1. The van der Waals surface area contributed by atoms with Crippen molar-refractivity contribution in [3.8, 4) is 0 Å². The van der Waals surface area contributed by atoms with E-state index in [1.165, 1.54) is 24.2 Å². The topological polar surface area (TPSA) is 62.5 Å². The molecule has 18 heavy (non-hydrogen) atoms. The van der Waals surface area contributed by atoms with Gasteiger partial charge in [0.2, 0.25) is 0 Å². The van der Waals surface area contributed by atoms with Gasteiger partial charge in [0.05, 0.1) is 0 Å². The number of hydrogen-bond donors (Lipinski definition) is 1. The molecule has 0 aromatic carbocycles. The summed E-state index contributed by atoms with van der Waals surface area (Å²) in [7, 11) is 3.96. The van der Waals surface area contributed by atoms with Crippen LogP contribution in [0.4, 0.5) is 5.13 Å². The standard InChI is InChI=1S/C12H20N4OS/c1-15-6-4-3-5-9(15)7-16(2)11(17)10-8-18-12(13)14-10/h8-9H,3-7H2,1-2H3,(H2,13,14). The molecule has 1 aliphatic rings. The molecule has 0 bridgehead atoms. The van der Waals surface area contributed by atoms with Crippen LogP contribution in [0.25, 0.3) is 0 Å². The number of aromatic nitrogens is 1. The third kappa shape index (κ3) is 3.00. The molecule has 1 atom stereocenters. The van der Waals surface area contributed by atoms with Gasteiger partial charge in [0.25, 0.3) is 5.91 Å². The van der Waals surface area contributed by atoms with Crippen LogP contribution in [-0.2, 0) is 0 Å². The molecule has 2 rings (SSSR count). The van der Waals surface area contributed by atoms with E-state index in [2.05, 4.69) is 16.9 Å². The van der Waals surface area contributed by atoms with Crippen molar-refractivity contribution in [2.75, 3.05) is 32.9 Å². The number of likely N-dealkylation sites (tertiary alicyclic amines) is 1. The number of carbonyl (C=O) groups is 1. The van der Waals surface area contributed by atoms with Gasteiger partial charge in [0, 0.05) is 25.0 Å². The van der Waals surface area contributed by atoms with Crippen LogP contribution in [0.3, 0.4) is 0 Å². The SMILES string of the molecule is CN(CC1CCCCN1C)C(=O)c1csc(N)n1. The van der Waals surface area contributed by atoms with Crippen LogP contribution < -0.4 is 5.73 Å². The Hall–Kier alpha value is -1.14. The van der Waals surface area contributed by atoms with Gasteiger partial charge in [0.15, 0.2) is 5.13 Å². The van der Waals surface area contributed by atoms with Gasteiger partial charge in [0.1, 0.15) is 5.69 Å². The van der Waals surface area contributed by atoms with Crippen molar-refractivity contribution in [2.45, 2.75) is 25.3 Å². The second-order valence-electron chi connectivity index (χ2n) is 4.89. The lowest BCUT2D eigenvalue weighted by Crippen LogP contribution is -2.45. The lowest BCUT2D eigenvalue weighted by Gasteiger charge is -2.34. The van der Waals surface area contributed by atoms with E-state index in [-0.39, 0.29) is 5.91 Å². The van der Waals surface area contributed by atoms with Gasteiger partial charge < -0.3 is 15.5 Å². The van der Waals surface area contributed by atoms with E-state index in [0.29, 0.717) is 16.9 Å². The molecular weight excluding hydrogens is 248 g/mol. The number of rotatable bonds is 3. The first kappa shape index (κ1) is 13.3. The Morgan fingerprint density at radius 3 is 3.06 bits per heavy atom. The summed E-state index contributed by atoms with van der Waals surface area (Å²) >= 11 is 1.31. The highest BCUT2D eigenvalue weighted by Crippen LogP contribution is 2.17. The largest absolute Gasteiger partial charge is 0.375 e. The Bertz CT molecular complexity index is 420. The highest BCUT2D eigenvalue weighted by Gasteiger charge is 2.23. The van der Waals surface area contributed by atoms with Crippen LogP contribution in [0, 0.1) is 0 Å². The van der Waals surface area contributed by atoms with Gasteiger partial charge in [-0.25, -0.2) is 4.98 Å². The zero-order valence-electron chi connectivity index (χ0n) is 10.9. The minimum absolute atomic E-state index is 0.0399. The molecule has 1 amide bonds. The minimum Gasteiger partial charge on any atom is -0.375 e. The summed E-state index contributed by atoms with van der Waals surface area (Å²) in [5.41, 5.74) is 6.01. The fraction of sp³-hybridized carbons (Fsp3) is 0.667. The zero-order chi connectivity index (χ0) is 13.1. The molecule has 0 spiro atoms. The Morgan fingerprint density at radius 2 is 2.44 bits per heavy atom. The number of nitrogen functional groups attached to an aromatic ring is 1. The van der Waals surface area contributed by atoms with Crippen LogP contribution in [0.15, 0.2) is 5.38 Å². The van der Waals surface area contributed by atoms with Crippen molar-refractivity contribution >= 4 is 22.4 Å². The summed E-state index contributed by atoms with van der Waals surface area (Å²) in [4.78, 5) is 20.3. The van der Waals surface area contributed by atoms with Crippen molar-refractivity contribution in [3.63, 3.8) is 0 Å². The van der Waals surface area contributed by atoms with E-state index in [0.717, 1.165) is 19.5 Å². The molecule has 1 unspecified atom stereocenters. The number of thiazole rings is 1. The fourth-order valence-corrected chi connectivity index (χ4v) is 2.89. The zero-order valence-corrected chi connectivity index (χ0v) is 11.7. The molecule has 2 N–H and O–H groups in total. The molecule has 1 aromatic heterocycles. The fourth-order valence-electron chi connectivity index (χ4n) is 2.36. The van der Waals surface area contributed by atoms with Gasteiger partial charge in [-0.1, -0.05) is 6.42 Å². The van der Waals surface area contributed by atoms with E-state index in [1.54, 1.807) is 10.3 Å². The smallest absolute Gasteiger partial charge is 0.273 e. The van der Waals surface area contributed by atoms with E-state index in [4.69, 9.17) is 5.73 Å². The summed E-state index contributed by atoms with van der Waals surface area (Å²) < 4.78 is 0. The van der Waals surface area contributed by atoms with Crippen molar-refractivity contribution in [3.05, 3.63) is 11.1 Å². The summed E-state index contributed by atoms with van der Waals surface area (Å²) in [6.45, 7) is 1.88. The van der Waals surface area contributed by atoms with E-state index in [1.807, 2.05) is 7.05 Å². The average Bonchev–Trinajstić information content (AvgIpc) is 2.78. The number of hydrogen-bond acceptors (Lipinski definition) is 5. The van der Waals surface area contributed by atoms with Gasteiger partial charge in [-0.2, -0.15) is 0 Å². The normalized spacial score (nSPS) is 20.9. The highest BCUT2D eigenvalue weighted by molar-refractivity contribution is 7.13. The second kappa shape index (κ2) is 5.67. The van der Waals surface area contributed by atoms with Crippen LogP contribution in [0.5, 0.6) is 0 Å². The number of likely N-dealkylation sites (N-methyl/N-ethyl adjacent to an activating group) is 2. The third-order valence-corrected chi connectivity index (χ3v) is 4.17. The molecule has 0 saturated carbocycles. The van der Waals surface area contributed by atoms with E-state index in [9.17, 15) is 4.79 Å². The summed E-state index contributed by atoms with van der Waals surface area (Å²) in [5.74, 6) is -0.0399. The lowest BCUT2D eigenvalue weighted by atomic mass is 10.0. The van der Waals surface area contributed by atoms with Crippen LogP contribution in [0.2, 0.25) is 0 Å². The Labute approximate surface area is 112 Å². The number of nitrogens with zero attached hydrogens (tertiary/aromatic N) is 3. The van der Waals surface area contributed by atoms with Crippen LogP contribution >= 0.6 is 11.3 Å². The second-order valence-corrected chi connectivity index (χ2v) is 5.78. The molecule has 1 saturated heterocycles. The predicted octanol–water partition coefficient (Wildman–Crippen LogP) is 1.28. The van der Waals surface area contributed by atoms with Crippen molar-refractivity contribution < 1.29 is 4.79 Å². The monoisotopic (exact) mass is 268 g/mol. The highest BCUT2D eigenvalue weighted by atomic mass is 32.1. The molecule has 0 aliphatic carbocycles. The lowest BCUT2D eigenvalue weighted by molar-refractivity contribution is 0.0712. The molecule has 5 nitrogen and oxygen atoms in total. The average molecular weight is 268 g/mol. The first-order valence-corrected chi connectivity index (χ1v) is 7.12. The van der Waals surface area contributed by atoms with E-state index < -0.39 is 0 Å². The number of amides is 1. The van der Waals surface area contributed by atoms with Crippen molar-refractivity contribution in [2.24, 2.45) is 0 Å². The van der Waals surface area contributed by atoms with Gasteiger partial charge in [-0.05, 0) is 26.4 Å². The Balaban J connectivity index is 1.94. The van der Waals surface area contributed by atoms with Crippen LogP contribution in [-0.4, -0.2) is 53.9 Å². The minimum atomic E-state index is -0.0399. The van der Waals surface area contributed by atoms with Crippen molar-refractivity contribution in [1.82, 2.24) is 14.8 Å². The predicted molar refractivity (Wildman–Crippen MR) is 73.8 cm³/mol. The molecular formula is C12H20N4OS. The molecule has 1 aromatic rings. The molecule has 1 fully saturated rings. The summed E-state index contributed by atoms with van der Waals surface area (Å²) in [6, 6.07) is 0.462. The molecule has 1 aliphatic heterocycles. The number of carbonyl (C=O) groups excluding carboxylic acids is 1. The van der Waals surface area contributed by atoms with Gasteiger partial charge in [-0.15, -0.1) is 11.3 Å². The van der Waals surface area contributed by atoms with Crippen LogP contribution in [0.1, 0.15) is 29.8 Å². The number of piperidine rings is 1. The first-order valence-electron chi connectivity index (χ1n) is 6.24. The molecule has 2 heterocycles. The molecule has 100 valence electrons. The quantitative estimate of drug-likeness (QED) is 0.897. The number of nitrogens with two attached hydrogens (primary N) is 1. The maximum atomic E-state index is 12.1. The van der Waals surface area contributed by atoms with Gasteiger partial charge >= 0.3 is 0 Å². The maximum Gasteiger partial charge on any atom is 0.273 e. The third-order valence-electron chi connectivity index (χ3n) is 3.49. The first-order chi connectivity index (χ1) is 8.58. The molecule has 0 radical (unpaired) electrons. The molecule has 6 heteroatoms. The van der Waals surface area contributed by atoms with Gasteiger partial charge in [-0.3, -0.25) is 4.79 Å². The Morgan fingerprint density at radius 1 is 1.67 bits per heavy atom. The Kier molecular flexibility index (Phi) is 4.19. The van der Waals surface area contributed by atoms with E-state index >= 15 is 0 Å².